The van der Waals surface area contributed by atoms with E-state index in [1.165, 1.54) is 6.08 Å². The summed E-state index contributed by atoms with van der Waals surface area (Å²) in [6.45, 7) is 7.04. The largest absolute Gasteiger partial charge is 0.480 e. The van der Waals surface area contributed by atoms with Gasteiger partial charge in [-0.3, -0.25) is 9.59 Å². The topological polar surface area (TPSA) is 95.9 Å². The van der Waals surface area contributed by atoms with Gasteiger partial charge in [0.15, 0.2) is 0 Å². The minimum atomic E-state index is -1.14. The van der Waals surface area contributed by atoms with Crippen LogP contribution in [0.2, 0.25) is 0 Å². The van der Waals surface area contributed by atoms with E-state index in [0.29, 0.717) is 0 Å². The van der Waals surface area contributed by atoms with Gasteiger partial charge < -0.3 is 20.1 Å². The lowest BCUT2D eigenvalue weighted by molar-refractivity contribution is -0.144. The summed E-state index contributed by atoms with van der Waals surface area (Å²) in [5, 5.41) is 11.8. The second-order valence-electron chi connectivity index (χ2n) is 8.44. The monoisotopic (exact) mass is 462 g/mol. The van der Waals surface area contributed by atoms with Gasteiger partial charge in [-0.05, 0) is 42.5 Å². The van der Waals surface area contributed by atoms with Crippen molar-refractivity contribution in [2.75, 3.05) is 19.7 Å². The Labute approximate surface area is 199 Å². The molecule has 2 N–H and O–H groups in total. The Bertz CT molecular complexity index is 1060. The number of nitrogens with one attached hydrogen (secondary N) is 1. The summed E-state index contributed by atoms with van der Waals surface area (Å²) < 4.78 is 5.57. The van der Waals surface area contributed by atoms with Gasteiger partial charge in [-0.2, -0.15) is 0 Å². The Balaban J connectivity index is 1.72. The van der Waals surface area contributed by atoms with Gasteiger partial charge >= 0.3 is 12.1 Å². The van der Waals surface area contributed by atoms with Gasteiger partial charge in [0.1, 0.15) is 19.2 Å². The predicted molar refractivity (Wildman–Crippen MR) is 130 cm³/mol. The number of benzene rings is 2. The van der Waals surface area contributed by atoms with Crippen LogP contribution in [0.3, 0.4) is 0 Å². The highest BCUT2D eigenvalue weighted by molar-refractivity contribution is 5.88. The number of hydrogen-bond acceptors (Lipinski definition) is 4. The van der Waals surface area contributed by atoms with Crippen molar-refractivity contribution in [1.82, 2.24) is 10.2 Å². The molecule has 2 aromatic rings. The maximum atomic E-state index is 13.0. The average molecular weight is 463 g/mol. The van der Waals surface area contributed by atoms with Gasteiger partial charge in [0, 0.05) is 12.5 Å². The average Bonchev–Trinajstić information content (AvgIpc) is 3.13. The van der Waals surface area contributed by atoms with E-state index in [4.69, 9.17) is 9.84 Å². The van der Waals surface area contributed by atoms with E-state index in [2.05, 4.69) is 24.0 Å². The van der Waals surface area contributed by atoms with Crippen molar-refractivity contribution < 1.29 is 24.2 Å². The summed E-state index contributed by atoms with van der Waals surface area (Å²) in [6.07, 6.45) is 2.76. The summed E-state index contributed by atoms with van der Waals surface area (Å²) >= 11 is 0. The molecular formula is C27H30N2O5. The Hall–Kier alpha value is -3.87. The molecule has 0 saturated carbocycles. The van der Waals surface area contributed by atoms with Crippen LogP contribution in [0.5, 0.6) is 0 Å². The first-order valence-electron chi connectivity index (χ1n) is 11.2. The van der Waals surface area contributed by atoms with Gasteiger partial charge in [-0.15, -0.1) is 6.58 Å². The Morgan fingerprint density at radius 2 is 1.68 bits per heavy atom. The fraction of sp³-hybridized carbons (Fsp3) is 0.296. The van der Waals surface area contributed by atoms with Crippen LogP contribution in [0.15, 0.2) is 72.8 Å². The highest BCUT2D eigenvalue weighted by Gasteiger charge is 2.30. The molecule has 2 aromatic carbocycles. The molecule has 1 aliphatic carbocycles. The molecule has 34 heavy (non-hydrogen) atoms. The minimum absolute atomic E-state index is 0.0584. The number of carboxylic acid groups (broad SMARTS) is 1. The number of amides is 2. The minimum Gasteiger partial charge on any atom is -0.480 e. The van der Waals surface area contributed by atoms with Gasteiger partial charge in [0.25, 0.3) is 0 Å². The zero-order valence-electron chi connectivity index (χ0n) is 19.5. The van der Waals surface area contributed by atoms with Crippen molar-refractivity contribution in [3.8, 4) is 11.1 Å². The molecule has 1 aliphatic rings. The van der Waals surface area contributed by atoms with E-state index in [0.717, 1.165) is 32.7 Å². The van der Waals surface area contributed by atoms with Crippen LogP contribution in [0.4, 0.5) is 4.79 Å². The molecule has 178 valence electrons. The number of carbonyl (C=O) groups is 3. The lowest BCUT2D eigenvalue weighted by Gasteiger charge is -2.25. The molecule has 2 amide bonds. The van der Waals surface area contributed by atoms with Crippen LogP contribution < -0.4 is 5.32 Å². The molecule has 7 nitrogen and oxygen atoms in total. The quantitative estimate of drug-likeness (QED) is 0.512. The lowest BCUT2D eigenvalue weighted by atomic mass is 9.98. The second-order valence-corrected chi connectivity index (χ2v) is 8.44. The maximum absolute atomic E-state index is 13.0. The van der Waals surface area contributed by atoms with Gasteiger partial charge in [-0.25, -0.2) is 4.79 Å². The molecule has 7 heteroatoms. The molecule has 0 saturated heterocycles. The number of alkyl carbamates (subject to hydrolysis) is 1. The number of carbonyl (C=O) groups excluding carboxylic acids is 2. The first-order chi connectivity index (χ1) is 16.3. The summed E-state index contributed by atoms with van der Waals surface area (Å²) in [5.74, 6) is -1.75. The molecule has 0 aromatic heterocycles. The summed E-state index contributed by atoms with van der Waals surface area (Å²) in [4.78, 5) is 38.1. The molecule has 1 atom stereocenters. The van der Waals surface area contributed by atoms with Crippen LogP contribution in [-0.4, -0.2) is 53.7 Å². The third-order valence-corrected chi connectivity index (χ3v) is 5.68. The van der Waals surface area contributed by atoms with Gasteiger partial charge in [-0.1, -0.05) is 66.3 Å². The molecule has 1 unspecified atom stereocenters. The molecule has 3 rings (SSSR count). The first kappa shape index (κ1) is 24.8. The molecule has 0 aliphatic heterocycles. The molecule has 0 radical (unpaired) electrons. The summed E-state index contributed by atoms with van der Waals surface area (Å²) in [7, 11) is 0. The standard InChI is InChI=1S/C27H30N2O5/c1-4-15-29(16-25(30)31)26(32)24(14-13-18(2)3)28-27(33)34-17-23-21-11-7-5-9-19(21)20-10-6-8-12-22(20)23/h4-13,23-24H,1,14-17H2,2-3H3,(H,28,33)(H,30,31). The van der Waals surface area contributed by atoms with E-state index in [1.54, 1.807) is 0 Å². The summed E-state index contributed by atoms with van der Waals surface area (Å²) in [5.41, 5.74) is 5.40. The first-order valence-corrected chi connectivity index (χ1v) is 11.2. The molecular weight excluding hydrogens is 432 g/mol. The van der Waals surface area contributed by atoms with E-state index in [-0.39, 0.29) is 25.5 Å². The molecule has 0 spiro atoms. The van der Waals surface area contributed by atoms with Crippen molar-refractivity contribution in [3.63, 3.8) is 0 Å². The number of allylic oxidation sites excluding steroid dienone is 1. The lowest BCUT2D eigenvalue weighted by Crippen LogP contribution is -2.50. The van der Waals surface area contributed by atoms with Crippen molar-refractivity contribution in [2.24, 2.45) is 0 Å². The Morgan fingerprint density at radius 1 is 1.09 bits per heavy atom. The molecule has 0 fully saturated rings. The van der Waals surface area contributed by atoms with E-state index < -0.39 is 30.6 Å². The maximum Gasteiger partial charge on any atom is 0.407 e. The van der Waals surface area contributed by atoms with Crippen LogP contribution in [0.1, 0.15) is 37.3 Å². The highest BCUT2D eigenvalue weighted by Crippen LogP contribution is 2.44. The van der Waals surface area contributed by atoms with Gasteiger partial charge in [0.2, 0.25) is 5.91 Å². The van der Waals surface area contributed by atoms with Crippen LogP contribution in [-0.2, 0) is 14.3 Å². The number of nitrogens with zero attached hydrogens (tertiary/aromatic N) is 1. The highest BCUT2D eigenvalue weighted by atomic mass is 16.5. The fourth-order valence-electron chi connectivity index (χ4n) is 4.13. The smallest absolute Gasteiger partial charge is 0.407 e. The second kappa shape index (κ2) is 11.3. The van der Waals surface area contributed by atoms with Crippen molar-refractivity contribution in [2.45, 2.75) is 32.2 Å². The number of carboxylic acids is 1. The number of fused-ring (bicyclic) bond motifs is 3. The third-order valence-electron chi connectivity index (χ3n) is 5.68. The summed E-state index contributed by atoms with van der Waals surface area (Å²) in [6, 6.07) is 15.1. The zero-order valence-corrected chi connectivity index (χ0v) is 19.5. The Kier molecular flexibility index (Phi) is 8.24. The van der Waals surface area contributed by atoms with Gasteiger partial charge in [0.05, 0.1) is 0 Å². The van der Waals surface area contributed by atoms with E-state index in [1.807, 2.05) is 56.3 Å². The fourth-order valence-corrected chi connectivity index (χ4v) is 4.13. The number of ether oxygens (including phenoxy) is 1. The number of aliphatic carboxylic acids is 1. The number of hydrogen-bond donors (Lipinski definition) is 2. The number of rotatable bonds is 10. The molecule has 0 heterocycles. The van der Waals surface area contributed by atoms with E-state index >= 15 is 0 Å². The third kappa shape index (κ3) is 5.92. The van der Waals surface area contributed by atoms with Crippen molar-refractivity contribution in [1.29, 1.82) is 0 Å². The predicted octanol–water partition coefficient (Wildman–Crippen LogP) is 4.35. The normalized spacial score (nSPS) is 12.6. The zero-order chi connectivity index (χ0) is 24.7. The van der Waals surface area contributed by atoms with Crippen LogP contribution in [0.25, 0.3) is 11.1 Å². The van der Waals surface area contributed by atoms with Crippen molar-refractivity contribution in [3.05, 3.63) is 84.0 Å². The molecule has 0 bridgehead atoms. The van der Waals surface area contributed by atoms with Crippen molar-refractivity contribution >= 4 is 18.0 Å². The van der Waals surface area contributed by atoms with Crippen LogP contribution >= 0.6 is 0 Å². The van der Waals surface area contributed by atoms with Crippen LogP contribution in [0, 0.1) is 0 Å². The van der Waals surface area contributed by atoms with E-state index in [9.17, 15) is 14.4 Å². The SMILES string of the molecule is C=CCN(CC(=O)O)C(=O)C(CC=C(C)C)NC(=O)OCC1c2ccccc2-c2ccccc21. The Morgan fingerprint density at radius 3 is 2.21 bits per heavy atom.